The lowest BCUT2D eigenvalue weighted by Crippen LogP contribution is -2.31. The van der Waals surface area contributed by atoms with Crippen molar-refractivity contribution in [3.8, 4) is 5.75 Å². The minimum atomic E-state index is 0.0622. The van der Waals surface area contributed by atoms with Gasteiger partial charge in [0.05, 0.1) is 12.6 Å². The number of aryl methyl sites for hydroxylation is 2. The molecular formula is C15H21NO2. The predicted octanol–water partition coefficient (Wildman–Crippen LogP) is 2.39. The van der Waals surface area contributed by atoms with E-state index in [-0.39, 0.29) is 11.8 Å². The Morgan fingerprint density at radius 3 is 3.00 bits per heavy atom. The fourth-order valence-corrected chi connectivity index (χ4v) is 2.26. The highest BCUT2D eigenvalue weighted by Gasteiger charge is 2.21. The van der Waals surface area contributed by atoms with Gasteiger partial charge in [-0.25, -0.2) is 0 Å². The largest absolute Gasteiger partial charge is 0.493 e. The van der Waals surface area contributed by atoms with Crippen molar-refractivity contribution >= 4 is 5.78 Å². The van der Waals surface area contributed by atoms with E-state index in [1.165, 1.54) is 5.56 Å². The topological polar surface area (TPSA) is 38.3 Å². The molecule has 18 heavy (non-hydrogen) atoms. The number of carbonyl (C=O) groups is 1. The first kappa shape index (κ1) is 13.1. The summed E-state index contributed by atoms with van der Waals surface area (Å²) in [4.78, 5) is 11.8. The highest BCUT2D eigenvalue weighted by atomic mass is 16.5. The number of ketones is 1. The van der Waals surface area contributed by atoms with Crippen LogP contribution in [0.4, 0.5) is 0 Å². The maximum Gasteiger partial charge on any atom is 0.153 e. The molecule has 3 nitrogen and oxygen atoms in total. The Morgan fingerprint density at radius 1 is 1.44 bits per heavy atom. The Bertz CT molecular complexity index is 423. The molecule has 1 N–H and O–H groups in total. The van der Waals surface area contributed by atoms with Crippen molar-refractivity contribution in [2.75, 3.05) is 13.2 Å². The van der Waals surface area contributed by atoms with Gasteiger partial charge < -0.3 is 10.1 Å². The zero-order chi connectivity index (χ0) is 13.0. The van der Waals surface area contributed by atoms with Crippen LogP contribution in [0.2, 0.25) is 0 Å². The first-order valence-electron chi connectivity index (χ1n) is 6.63. The van der Waals surface area contributed by atoms with Gasteiger partial charge in [0.15, 0.2) is 5.78 Å². The second kappa shape index (κ2) is 6.01. The number of nitrogens with one attached hydrogen (secondary N) is 1. The smallest absolute Gasteiger partial charge is 0.153 e. The molecule has 1 aromatic carbocycles. The van der Waals surface area contributed by atoms with Crippen molar-refractivity contribution in [1.82, 2.24) is 5.32 Å². The van der Waals surface area contributed by atoms with Crippen molar-refractivity contribution in [1.29, 1.82) is 0 Å². The van der Waals surface area contributed by atoms with Crippen LogP contribution in [0.3, 0.4) is 0 Å². The summed E-state index contributed by atoms with van der Waals surface area (Å²) in [5.74, 6) is 1.17. The molecule has 98 valence electrons. The van der Waals surface area contributed by atoms with Gasteiger partial charge in [0.25, 0.3) is 0 Å². The number of hydrogen-bond donors (Lipinski definition) is 1. The normalized spacial score (nSPS) is 18.9. The number of ether oxygens (including phenoxy) is 1. The van der Waals surface area contributed by atoms with Gasteiger partial charge >= 0.3 is 0 Å². The van der Waals surface area contributed by atoms with E-state index in [0.717, 1.165) is 30.7 Å². The quantitative estimate of drug-likeness (QED) is 0.868. The summed E-state index contributed by atoms with van der Waals surface area (Å²) in [7, 11) is 0. The highest BCUT2D eigenvalue weighted by molar-refractivity contribution is 5.84. The van der Waals surface area contributed by atoms with Crippen LogP contribution in [-0.4, -0.2) is 25.0 Å². The minimum Gasteiger partial charge on any atom is -0.493 e. The maximum absolute atomic E-state index is 11.8. The molecule has 0 radical (unpaired) electrons. The number of carbonyl (C=O) groups excluding carboxylic acids is 1. The lowest BCUT2D eigenvalue weighted by Gasteiger charge is -2.11. The van der Waals surface area contributed by atoms with Crippen LogP contribution in [0.5, 0.6) is 5.75 Å². The second-order valence-corrected chi connectivity index (χ2v) is 4.98. The zero-order valence-corrected chi connectivity index (χ0v) is 11.2. The molecule has 1 aliphatic heterocycles. The van der Waals surface area contributed by atoms with Crippen LogP contribution in [-0.2, 0) is 4.79 Å². The fourth-order valence-electron chi connectivity index (χ4n) is 2.26. The van der Waals surface area contributed by atoms with Gasteiger partial charge in [-0.1, -0.05) is 12.1 Å². The third-order valence-electron chi connectivity index (χ3n) is 3.40. The molecule has 0 bridgehead atoms. The molecule has 0 aromatic heterocycles. The molecule has 1 heterocycles. The zero-order valence-electron chi connectivity index (χ0n) is 11.2. The standard InChI is InChI=1S/C15H21NO2/c1-11-5-6-12(2)15(10-11)18-9-7-14(17)13-4-3-8-16-13/h5-6,10,13,16H,3-4,7-9H2,1-2H3. The summed E-state index contributed by atoms with van der Waals surface area (Å²) in [5.41, 5.74) is 2.30. The Hall–Kier alpha value is -1.35. The first-order chi connectivity index (χ1) is 8.66. The highest BCUT2D eigenvalue weighted by Crippen LogP contribution is 2.19. The van der Waals surface area contributed by atoms with Gasteiger partial charge in [0, 0.05) is 6.42 Å². The molecule has 1 aliphatic rings. The number of Topliss-reactive ketones (excluding diaryl/α,β-unsaturated/α-hetero) is 1. The summed E-state index contributed by atoms with van der Waals surface area (Å²) >= 11 is 0. The molecule has 1 aromatic rings. The van der Waals surface area contributed by atoms with Crippen molar-refractivity contribution in [3.63, 3.8) is 0 Å². The fraction of sp³-hybridized carbons (Fsp3) is 0.533. The van der Waals surface area contributed by atoms with E-state index in [4.69, 9.17) is 4.74 Å². The van der Waals surface area contributed by atoms with Crippen LogP contribution in [0, 0.1) is 13.8 Å². The minimum absolute atomic E-state index is 0.0622. The average molecular weight is 247 g/mol. The molecule has 3 heteroatoms. The van der Waals surface area contributed by atoms with Crippen molar-refractivity contribution in [2.24, 2.45) is 0 Å². The van der Waals surface area contributed by atoms with E-state index in [1.807, 2.05) is 26.0 Å². The van der Waals surface area contributed by atoms with Gasteiger partial charge in [-0.3, -0.25) is 4.79 Å². The Labute approximate surface area is 109 Å². The SMILES string of the molecule is Cc1ccc(C)c(OCCC(=O)C2CCCN2)c1. The molecule has 0 aliphatic carbocycles. The summed E-state index contributed by atoms with van der Waals surface area (Å²) in [5, 5.41) is 3.22. The Kier molecular flexibility index (Phi) is 4.37. The van der Waals surface area contributed by atoms with Crippen LogP contribution < -0.4 is 10.1 Å². The Morgan fingerprint density at radius 2 is 2.28 bits per heavy atom. The molecular weight excluding hydrogens is 226 g/mol. The molecule has 0 saturated carbocycles. The summed E-state index contributed by atoms with van der Waals surface area (Å²) in [6.45, 7) is 5.50. The second-order valence-electron chi connectivity index (χ2n) is 4.98. The van der Waals surface area contributed by atoms with E-state index in [0.29, 0.717) is 13.0 Å². The Balaban J connectivity index is 1.81. The lowest BCUT2D eigenvalue weighted by molar-refractivity contribution is -0.121. The molecule has 0 spiro atoms. The third-order valence-corrected chi connectivity index (χ3v) is 3.40. The van der Waals surface area contributed by atoms with E-state index in [2.05, 4.69) is 11.4 Å². The van der Waals surface area contributed by atoms with E-state index < -0.39 is 0 Å². The van der Waals surface area contributed by atoms with Crippen LogP contribution in [0.1, 0.15) is 30.4 Å². The molecule has 0 amide bonds. The summed E-state index contributed by atoms with van der Waals surface area (Å²) < 4.78 is 5.70. The summed E-state index contributed by atoms with van der Waals surface area (Å²) in [6, 6.07) is 6.20. The maximum atomic E-state index is 11.8. The third kappa shape index (κ3) is 3.33. The number of benzene rings is 1. The summed E-state index contributed by atoms with van der Waals surface area (Å²) in [6.07, 6.45) is 2.57. The molecule has 1 atom stereocenters. The van der Waals surface area contributed by atoms with Gasteiger partial charge in [0.1, 0.15) is 5.75 Å². The van der Waals surface area contributed by atoms with Crippen LogP contribution in [0.25, 0.3) is 0 Å². The monoisotopic (exact) mass is 247 g/mol. The number of rotatable bonds is 5. The molecule has 2 rings (SSSR count). The van der Waals surface area contributed by atoms with Crippen molar-refractivity contribution in [3.05, 3.63) is 29.3 Å². The van der Waals surface area contributed by atoms with Gasteiger partial charge in [-0.05, 0) is 50.4 Å². The van der Waals surface area contributed by atoms with E-state index >= 15 is 0 Å². The van der Waals surface area contributed by atoms with Crippen molar-refractivity contribution < 1.29 is 9.53 Å². The van der Waals surface area contributed by atoms with E-state index in [1.54, 1.807) is 0 Å². The predicted molar refractivity (Wildman–Crippen MR) is 72.1 cm³/mol. The molecule has 1 saturated heterocycles. The van der Waals surface area contributed by atoms with Gasteiger partial charge in [-0.15, -0.1) is 0 Å². The van der Waals surface area contributed by atoms with Gasteiger partial charge in [0.2, 0.25) is 0 Å². The van der Waals surface area contributed by atoms with Crippen LogP contribution >= 0.6 is 0 Å². The van der Waals surface area contributed by atoms with Gasteiger partial charge in [-0.2, -0.15) is 0 Å². The molecule has 1 unspecified atom stereocenters. The van der Waals surface area contributed by atoms with E-state index in [9.17, 15) is 4.79 Å². The lowest BCUT2D eigenvalue weighted by atomic mass is 10.1. The average Bonchev–Trinajstić information content (AvgIpc) is 2.87. The first-order valence-corrected chi connectivity index (χ1v) is 6.63. The molecule has 1 fully saturated rings. The van der Waals surface area contributed by atoms with Crippen LogP contribution in [0.15, 0.2) is 18.2 Å². The number of hydrogen-bond acceptors (Lipinski definition) is 3. The van der Waals surface area contributed by atoms with Crippen molar-refractivity contribution in [2.45, 2.75) is 39.2 Å².